The number of carboxylic acid groups (broad SMARTS) is 1. The van der Waals surface area contributed by atoms with Gasteiger partial charge in [0.25, 0.3) is 0 Å². The predicted molar refractivity (Wildman–Crippen MR) is 66.3 cm³/mol. The summed E-state index contributed by atoms with van der Waals surface area (Å²) in [5, 5.41) is 9.00. The molecule has 0 aromatic heterocycles. The van der Waals surface area contributed by atoms with Crippen LogP contribution in [0.1, 0.15) is 45.4 Å². The molecule has 2 nitrogen and oxygen atoms in total. The monoisotopic (exact) mass is 220 g/mol. The number of aliphatic carboxylic acids is 1. The fourth-order valence-electron chi connectivity index (χ4n) is 1.90. The van der Waals surface area contributed by atoms with Crippen LogP contribution in [-0.4, -0.2) is 11.1 Å². The predicted octanol–water partition coefficient (Wildman–Crippen LogP) is 3.85. The van der Waals surface area contributed by atoms with Crippen LogP contribution in [0.4, 0.5) is 0 Å². The molecule has 0 bridgehead atoms. The molecule has 0 saturated heterocycles. The van der Waals surface area contributed by atoms with E-state index >= 15 is 0 Å². The lowest BCUT2D eigenvalue weighted by Crippen LogP contribution is -2.00. The van der Waals surface area contributed by atoms with Crippen LogP contribution in [0.25, 0.3) is 0 Å². The molecule has 0 aromatic rings. The Balaban J connectivity index is 2.58. The van der Waals surface area contributed by atoms with Gasteiger partial charge in [0.15, 0.2) is 0 Å². The Morgan fingerprint density at radius 3 is 2.56 bits per heavy atom. The fraction of sp³-hybridized carbons (Fsp3) is 0.500. The summed E-state index contributed by atoms with van der Waals surface area (Å²) in [6.45, 7) is 1.88. The number of rotatable bonds is 4. The van der Waals surface area contributed by atoms with Gasteiger partial charge in [-0.2, -0.15) is 0 Å². The summed E-state index contributed by atoms with van der Waals surface area (Å²) in [6, 6.07) is 0. The second kappa shape index (κ2) is 7.04. The maximum Gasteiger partial charge on any atom is 0.331 e. The Morgan fingerprint density at radius 2 is 2.00 bits per heavy atom. The Kier molecular flexibility index (Phi) is 5.62. The van der Waals surface area contributed by atoms with Crippen LogP contribution in [0.15, 0.2) is 35.5 Å². The minimum atomic E-state index is -0.814. The average Bonchev–Trinajstić information content (AvgIpc) is 2.30. The highest BCUT2D eigenvalue weighted by atomic mass is 16.4. The summed E-state index contributed by atoms with van der Waals surface area (Å²) >= 11 is 0. The topological polar surface area (TPSA) is 37.3 Å². The van der Waals surface area contributed by atoms with Crippen molar-refractivity contribution in [2.24, 2.45) is 0 Å². The van der Waals surface area contributed by atoms with Crippen LogP contribution in [0, 0.1) is 0 Å². The highest BCUT2D eigenvalue weighted by Crippen LogP contribution is 2.23. The van der Waals surface area contributed by atoms with Gasteiger partial charge in [-0.25, -0.2) is 4.79 Å². The Hall–Kier alpha value is -1.31. The number of hydrogen-bond donors (Lipinski definition) is 1. The molecule has 1 aliphatic carbocycles. The van der Waals surface area contributed by atoms with E-state index in [-0.39, 0.29) is 0 Å². The van der Waals surface area contributed by atoms with Crippen molar-refractivity contribution in [1.29, 1.82) is 0 Å². The van der Waals surface area contributed by atoms with E-state index in [4.69, 9.17) is 5.11 Å². The van der Waals surface area contributed by atoms with Crippen molar-refractivity contribution in [3.63, 3.8) is 0 Å². The minimum Gasteiger partial charge on any atom is -0.478 e. The maximum absolute atomic E-state index is 10.9. The molecule has 1 fully saturated rings. The molecule has 0 aliphatic heterocycles. The van der Waals surface area contributed by atoms with Gasteiger partial charge >= 0.3 is 5.97 Å². The van der Waals surface area contributed by atoms with E-state index in [1.54, 1.807) is 12.2 Å². The van der Waals surface area contributed by atoms with Crippen molar-refractivity contribution >= 4 is 5.97 Å². The molecule has 0 spiro atoms. The Bertz CT molecular complexity index is 314. The van der Waals surface area contributed by atoms with E-state index in [0.717, 1.165) is 12.8 Å². The number of carbonyl (C=O) groups is 1. The van der Waals surface area contributed by atoms with Gasteiger partial charge in [-0.15, -0.1) is 0 Å². The molecule has 0 amide bonds. The van der Waals surface area contributed by atoms with Crippen molar-refractivity contribution < 1.29 is 9.90 Å². The summed E-state index contributed by atoms with van der Waals surface area (Å²) in [4.78, 5) is 10.9. The molecule has 2 heteroatoms. The van der Waals surface area contributed by atoms with Crippen molar-refractivity contribution in [3.8, 4) is 0 Å². The van der Waals surface area contributed by atoms with Gasteiger partial charge in [-0.1, -0.05) is 36.3 Å². The van der Waals surface area contributed by atoms with Crippen molar-refractivity contribution in [2.45, 2.75) is 45.4 Å². The van der Waals surface area contributed by atoms with Gasteiger partial charge in [0, 0.05) is 5.57 Å². The first-order valence-corrected chi connectivity index (χ1v) is 5.97. The van der Waals surface area contributed by atoms with Crippen molar-refractivity contribution in [3.05, 3.63) is 35.5 Å². The quantitative estimate of drug-likeness (QED) is 0.444. The molecule has 1 saturated carbocycles. The van der Waals surface area contributed by atoms with E-state index in [9.17, 15) is 4.79 Å². The van der Waals surface area contributed by atoms with Crippen LogP contribution in [0.5, 0.6) is 0 Å². The maximum atomic E-state index is 10.9. The third kappa shape index (κ3) is 4.47. The summed E-state index contributed by atoms with van der Waals surface area (Å²) in [6.07, 6.45) is 14.1. The zero-order chi connectivity index (χ0) is 11.8. The van der Waals surface area contributed by atoms with Gasteiger partial charge in [0.2, 0.25) is 0 Å². The molecule has 0 aromatic carbocycles. The largest absolute Gasteiger partial charge is 0.478 e. The van der Waals surface area contributed by atoms with Gasteiger partial charge in [0.05, 0.1) is 0 Å². The first-order valence-electron chi connectivity index (χ1n) is 5.97. The lowest BCUT2D eigenvalue weighted by Gasteiger charge is -2.13. The van der Waals surface area contributed by atoms with Crippen LogP contribution in [0.2, 0.25) is 0 Å². The molecule has 0 heterocycles. The van der Waals surface area contributed by atoms with Crippen molar-refractivity contribution in [1.82, 2.24) is 0 Å². The highest BCUT2D eigenvalue weighted by Gasteiger charge is 2.07. The fourth-order valence-corrected chi connectivity index (χ4v) is 1.90. The average molecular weight is 220 g/mol. The first-order chi connectivity index (χ1) is 7.74. The third-order valence-electron chi connectivity index (χ3n) is 2.87. The number of allylic oxidation sites excluding steroid dienone is 5. The smallest absolute Gasteiger partial charge is 0.331 e. The van der Waals surface area contributed by atoms with Crippen LogP contribution >= 0.6 is 0 Å². The number of carboxylic acids is 1. The summed E-state index contributed by atoms with van der Waals surface area (Å²) in [7, 11) is 0. The van der Waals surface area contributed by atoms with Crippen LogP contribution < -0.4 is 0 Å². The van der Waals surface area contributed by atoms with E-state index < -0.39 is 5.97 Å². The second-order valence-corrected chi connectivity index (χ2v) is 4.15. The second-order valence-electron chi connectivity index (χ2n) is 4.15. The van der Waals surface area contributed by atoms with E-state index in [0.29, 0.717) is 12.0 Å². The standard InChI is InChI=1S/C14H20O2/c1-2-3-9-13(14(15)16)11-10-12-7-5-4-6-8-12/h2-3,9-10H,4-8,11H2,1H3,(H,15,16)/b3-2+,13-9+. The molecule has 0 unspecified atom stereocenters. The SMILES string of the molecule is C/C=C/C=C(\CC=C1CCCCC1)C(=O)O. The molecule has 16 heavy (non-hydrogen) atoms. The summed E-state index contributed by atoms with van der Waals surface area (Å²) < 4.78 is 0. The van der Waals surface area contributed by atoms with Gasteiger partial charge in [0.1, 0.15) is 0 Å². The lowest BCUT2D eigenvalue weighted by molar-refractivity contribution is -0.132. The zero-order valence-corrected chi connectivity index (χ0v) is 9.91. The molecule has 0 radical (unpaired) electrons. The van der Waals surface area contributed by atoms with E-state index in [1.807, 2.05) is 13.0 Å². The highest BCUT2D eigenvalue weighted by molar-refractivity contribution is 5.87. The van der Waals surface area contributed by atoms with E-state index in [2.05, 4.69) is 6.08 Å². The summed E-state index contributed by atoms with van der Waals surface area (Å²) in [5.74, 6) is -0.814. The van der Waals surface area contributed by atoms with Gasteiger partial charge < -0.3 is 5.11 Å². The molecule has 88 valence electrons. The van der Waals surface area contributed by atoms with Crippen LogP contribution in [0.3, 0.4) is 0 Å². The molecule has 0 atom stereocenters. The summed E-state index contributed by atoms with van der Waals surface area (Å²) in [5.41, 5.74) is 1.90. The first kappa shape index (κ1) is 12.8. The van der Waals surface area contributed by atoms with Crippen molar-refractivity contribution in [2.75, 3.05) is 0 Å². The van der Waals surface area contributed by atoms with Crippen LogP contribution in [-0.2, 0) is 4.79 Å². The zero-order valence-electron chi connectivity index (χ0n) is 9.91. The molecule has 1 rings (SSSR count). The third-order valence-corrected chi connectivity index (χ3v) is 2.87. The molecular formula is C14H20O2. The van der Waals surface area contributed by atoms with Gasteiger partial charge in [-0.3, -0.25) is 0 Å². The Morgan fingerprint density at radius 1 is 1.31 bits per heavy atom. The molecular weight excluding hydrogens is 200 g/mol. The number of hydrogen-bond acceptors (Lipinski definition) is 1. The van der Waals surface area contributed by atoms with Gasteiger partial charge in [-0.05, 0) is 39.0 Å². The molecule has 1 N–H and O–H groups in total. The van der Waals surface area contributed by atoms with E-state index in [1.165, 1.54) is 24.8 Å². The minimum absolute atomic E-state index is 0.469. The molecule has 1 aliphatic rings. The normalized spacial score (nSPS) is 17.8. The lowest BCUT2D eigenvalue weighted by atomic mass is 9.93. The Labute approximate surface area is 97.4 Å².